The van der Waals surface area contributed by atoms with Gasteiger partial charge in [-0.3, -0.25) is 0 Å². The number of nitrogen functional groups attached to an aromatic ring is 1. The summed E-state index contributed by atoms with van der Waals surface area (Å²) < 4.78 is 38.0. The second-order valence-electron chi connectivity index (χ2n) is 4.62. The predicted molar refractivity (Wildman–Crippen MR) is 66.5 cm³/mol. The van der Waals surface area contributed by atoms with Gasteiger partial charge in [-0.2, -0.15) is 18.4 Å². The van der Waals surface area contributed by atoms with E-state index >= 15 is 0 Å². The Kier molecular flexibility index (Phi) is 3.56. The average Bonchev–Trinajstić information content (AvgIpc) is 2.35. The number of benzene rings is 1. The van der Waals surface area contributed by atoms with E-state index in [-0.39, 0.29) is 6.54 Å². The molecule has 1 aromatic rings. The predicted octanol–water partition coefficient (Wildman–Crippen LogP) is 2.72. The lowest BCUT2D eigenvalue weighted by Crippen LogP contribution is -2.39. The molecule has 1 aromatic carbocycles. The third kappa shape index (κ3) is 2.75. The second-order valence-corrected chi connectivity index (χ2v) is 4.62. The summed E-state index contributed by atoms with van der Waals surface area (Å²) >= 11 is 0. The summed E-state index contributed by atoms with van der Waals surface area (Å²) in [5.41, 5.74) is 8.04. The highest BCUT2D eigenvalue weighted by molar-refractivity contribution is 5.66. The van der Waals surface area contributed by atoms with Crippen LogP contribution in [0.4, 0.5) is 24.5 Å². The smallest absolute Gasteiger partial charge is 0.398 e. The fourth-order valence-electron chi connectivity index (χ4n) is 2.36. The minimum atomic E-state index is -4.49. The Labute approximate surface area is 109 Å². The van der Waals surface area contributed by atoms with Crippen LogP contribution in [0.15, 0.2) is 18.2 Å². The van der Waals surface area contributed by atoms with E-state index in [0.29, 0.717) is 12.2 Å². The monoisotopic (exact) mass is 269 g/mol. The lowest BCUT2D eigenvalue weighted by Gasteiger charge is -2.33. The van der Waals surface area contributed by atoms with Crippen molar-refractivity contribution in [3.8, 4) is 6.07 Å². The Morgan fingerprint density at radius 3 is 2.79 bits per heavy atom. The fourth-order valence-corrected chi connectivity index (χ4v) is 2.36. The zero-order chi connectivity index (χ0) is 14.0. The van der Waals surface area contributed by atoms with Crippen LogP contribution in [0, 0.1) is 17.2 Å². The van der Waals surface area contributed by atoms with Crippen molar-refractivity contribution in [3.63, 3.8) is 0 Å². The number of hydrogen-bond donors (Lipinski definition) is 1. The van der Waals surface area contributed by atoms with Crippen LogP contribution in [0.5, 0.6) is 0 Å². The molecule has 2 rings (SSSR count). The quantitative estimate of drug-likeness (QED) is 0.840. The zero-order valence-corrected chi connectivity index (χ0v) is 10.2. The fraction of sp³-hybridized carbons (Fsp3) is 0.462. The second kappa shape index (κ2) is 5.00. The molecule has 0 bridgehead atoms. The molecule has 0 fully saturated rings. The van der Waals surface area contributed by atoms with Gasteiger partial charge in [0, 0.05) is 24.5 Å². The summed E-state index contributed by atoms with van der Waals surface area (Å²) in [6.45, 7) is 0.182. The Morgan fingerprint density at radius 1 is 1.42 bits per heavy atom. The average molecular weight is 269 g/mol. The summed E-state index contributed by atoms with van der Waals surface area (Å²) in [7, 11) is 0. The van der Waals surface area contributed by atoms with E-state index < -0.39 is 12.1 Å². The molecule has 3 nitrogen and oxygen atoms in total. The molecule has 102 valence electrons. The number of fused-ring (bicyclic) bond motifs is 1. The minimum Gasteiger partial charge on any atom is -0.398 e. The Hall–Kier alpha value is -1.90. The maximum atomic E-state index is 12.7. The van der Waals surface area contributed by atoms with E-state index in [1.54, 1.807) is 23.1 Å². The number of rotatable bonds is 2. The molecule has 1 heterocycles. The van der Waals surface area contributed by atoms with Crippen LogP contribution in [0.1, 0.15) is 12.0 Å². The Bertz CT molecular complexity index is 505. The summed E-state index contributed by atoms with van der Waals surface area (Å²) in [6.07, 6.45) is -2.98. The molecule has 1 aliphatic heterocycles. The molecule has 19 heavy (non-hydrogen) atoms. The summed E-state index contributed by atoms with van der Waals surface area (Å²) in [6, 6.07) is 6.56. The topological polar surface area (TPSA) is 53.0 Å². The van der Waals surface area contributed by atoms with Crippen LogP contribution in [0.2, 0.25) is 0 Å². The van der Waals surface area contributed by atoms with Crippen LogP contribution in [0.25, 0.3) is 0 Å². The molecule has 0 spiro atoms. The van der Waals surface area contributed by atoms with Gasteiger partial charge >= 0.3 is 6.18 Å². The zero-order valence-electron chi connectivity index (χ0n) is 10.2. The normalized spacial score (nSPS) is 16.6. The maximum Gasteiger partial charge on any atom is 0.406 e. The highest BCUT2D eigenvalue weighted by Gasteiger charge is 2.41. The Morgan fingerprint density at radius 2 is 2.16 bits per heavy atom. The van der Waals surface area contributed by atoms with Crippen molar-refractivity contribution in [2.75, 3.05) is 23.7 Å². The van der Waals surface area contributed by atoms with Crippen molar-refractivity contribution in [1.29, 1.82) is 5.26 Å². The molecule has 1 unspecified atom stereocenters. The van der Waals surface area contributed by atoms with Gasteiger partial charge < -0.3 is 10.6 Å². The number of halogens is 3. The van der Waals surface area contributed by atoms with Crippen LogP contribution < -0.4 is 10.6 Å². The first kappa shape index (κ1) is 13.5. The standard InChI is InChI=1S/C13H14F3N3/c14-13(15,16)9(7-17)8-19-6-2-3-10-11(18)4-1-5-12(10)19/h1,4-5,9H,2-3,6,8,18H2. The molecule has 2 N–H and O–H groups in total. The van der Waals surface area contributed by atoms with Crippen LogP contribution in [-0.2, 0) is 6.42 Å². The molecule has 1 aliphatic rings. The van der Waals surface area contributed by atoms with Gasteiger partial charge in [0.25, 0.3) is 0 Å². The molecule has 1 atom stereocenters. The first-order chi connectivity index (χ1) is 8.93. The lowest BCUT2D eigenvalue weighted by atomic mass is 9.98. The van der Waals surface area contributed by atoms with Crippen LogP contribution >= 0.6 is 0 Å². The molecular formula is C13H14F3N3. The highest BCUT2D eigenvalue weighted by atomic mass is 19.4. The third-order valence-corrected chi connectivity index (χ3v) is 3.34. The molecular weight excluding hydrogens is 255 g/mol. The maximum absolute atomic E-state index is 12.7. The van der Waals surface area contributed by atoms with Gasteiger partial charge in [0.1, 0.15) is 0 Å². The molecule has 0 saturated carbocycles. The molecule has 0 aromatic heterocycles. The van der Waals surface area contributed by atoms with Crippen LogP contribution in [0.3, 0.4) is 0 Å². The number of anilines is 2. The van der Waals surface area contributed by atoms with E-state index in [4.69, 9.17) is 11.0 Å². The van der Waals surface area contributed by atoms with E-state index in [1.807, 2.05) is 0 Å². The van der Waals surface area contributed by atoms with E-state index in [0.717, 1.165) is 24.1 Å². The molecule has 0 saturated heterocycles. The van der Waals surface area contributed by atoms with Crippen molar-refractivity contribution in [2.24, 2.45) is 5.92 Å². The third-order valence-electron chi connectivity index (χ3n) is 3.34. The van der Waals surface area contributed by atoms with E-state index in [9.17, 15) is 13.2 Å². The van der Waals surface area contributed by atoms with Crippen molar-refractivity contribution < 1.29 is 13.2 Å². The first-order valence-corrected chi connectivity index (χ1v) is 6.02. The molecule has 6 heteroatoms. The SMILES string of the molecule is N#CC(CN1CCCc2c(N)cccc21)C(F)(F)F. The van der Waals surface area contributed by atoms with E-state index in [2.05, 4.69) is 0 Å². The van der Waals surface area contributed by atoms with E-state index in [1.165, 1.54) is 6.07 Å². The van der Waals surface area contributed by atoms with Gasteiger partial charge in [-0.25, -0.2) is 0 Å². The number of alkyl halides is 3. The van der Waals surface area contributed by atoms with Gasteiger partial charge in [0.2, 0.25) is 0 Å². The summed E-state index contributed by atoms with van der Waals surface area (Å²) in [5.74, 6) is -1.97. The van der Waals surface area contributed by atoms with Gasteiger partial charge in [-0.1, -0.05) is 6.07 Å². The number of nitrogens with two attached hydrogens (primary N) is 1. The van der Waals surface area contributed by atoms with Crippen LogP contribution in [-0.4, -0.2) is 19.3 Å². The van der Waals surface area contributed by atoms with Gasteiger partial charge in [-0.15, -0.1) is 0 Å². The van der Waals surface area contributed by atoms with Gasteiger partial charge in [-0.05, 0) is 30.5 Å². The summed E-state index contributed by atoms with van der Waals surface area (Å²) in [5, 5.41) is 8.67. The number of hydrogen-bond acceptors (Lipinski definition) is 3. The summed E-state index contributed by atoms with van der Waals surface area (Å²) in [4.78, 5) is 1.61. The first-order valence-electron chi connectivity index (χ1n) is 6.02. The van der Waals surface area contributed by atoms with Gasteiger partial charge in [0.15, 0.2) is 5.92 Å². The lowest BCUT2D eigenvalue weighted by molar-refractivity contribution is -0.156. The number of nitriles is 1. The molecule has 0 amide bonds. The molecule has 0 aliphatic carbocycles. The van der Waals surface area contributed by atoms with Gasteiger partial charge in [0.05, 0.1) is 6.07 Å². The van der Waals surface area contributed by atoms with Crippen molar-refractivity contribution in [2.45, 2.75) is 19.0 Å². The Balaban J connectivity index is 2.25. The van der Waals surface area contributed by atoms with Crippen molar-refractivity contribution >= 4 is 11.4 Å². The highest BCUT2D eigenvalue weighted by Crippen LogP contribution is 2.34. The van der Waals surface area contributed by atoms with Crippen molar-refractivity contribution in [1.82, 2.24) is 0 Å². The largest absolute Gasteiger partial charge is 0.406 e. The minimum absolute atomic E-state index is 0.337. The number of nitrogens with zero attached hydrogens (tertiary/aromatic N) is 2. The van der Waals surface area contributed by atoms with Crippen molar-refractivity contribution in [3.05, 3.63) is 23.8 Å². The molecule has 0 radical (unpaired) electrons.